The molecule has 1 aromatic carbocycles. The highest BCUT2D eigenvalue weighted by atomic mass is 32.2. The van der Waals surface area contributed by atoms with Crippen LogP contribution in [-0.4, -0.2) is 86.8 Å². The number of likely N-dealkylation sites (N-methyl/N-ethyl adjacent to an activating group) is 1. The Hall–Kier alpha value is -2.31. The number of carbonyl (C=O) groups excluding carboxylic acids is 2. The van der Waals surface area contributed by atoms with Crippen molar-refractivity contribution in [2.24, 2.45) is 0 Å². The number of carbonyl (C=O) groups is 2. The van der Waals surface area contributed by atoms with Crippen LogP contribution in [0.3, 0.4) is 0 Å². The number of rotatable bonds is 5. The number of hydrogen-bond acceptors (Lipinski definition) is 7. The number of amides is 2. The number of piperidine rings is 1. The van der Waals surface area contributed by atoms with Crippen LogP contribution >= 0.6 is 11.3 Å². The molecule has 2 fully saturated rings. The third-order valence-electron chi connectivity index (χ3n) is 7.45. The molecule has 3 aliphatic heterocycles. The standard InChI is InChI=1S/C26H34N4O5S2/c1-18-5-3-4-11-30(18)37(33,34)20-8-6-19(7-9-20)24(31)27-25-23(26(32)29-13-15-35-16-14-29)21-10-12-28(2)17-22(21)36-25/h6-9,18H,3-5,10-17H2,1-2H3,(H,27,31). The Kier molecular flexibility index (Phi) is 7.69. The van der Waals surface area contributed by atoms with Crippen LogP contribution in [0.2, 0.25) is 0 Å². The van der Waals surface area contributed by atoms with Crippen LogP contribution in [-0.2, 0) is 27.7 Å². The highest BCUT2D eigenvalue weighted by Crippen LogP contribution is 2.38. The van der Waals surface area contributed by atoms with Crippen LogP contribution in [0.5, 0.6) is 0 Å². The van der Waals surface area contributed by atoms with Crippen LogP contribution in [0.4, 0.5) is 5.00 Å². The predicted octanol–water partition coefficient (Wildman–Crippen LogP) is 3.02. The highest BCUT2D eigenvalue weighted by molar-refractivity contribution is 7.89. The van der Waals surface area contributed by atoms with Gasteiger partial charge in [-0.3, -0.25) is 9.59 Å². The van der Waals surface area contributed by atoms with Crippen molar-refractivity contribution in [2.75, 3.05) is 51.8 Å². The second kappa shape index (κ2) is 10.8. The summed E-state index contributed by atoms with van der Waals surface area (Å²) in [7, 11) is -1.57. The van der Waals surface area contributed by atoms with Gasteiger partial charge in [0.2, 0.25) is 10.0 Å². The third kappa shape index (κ3) is 5.33. The summed E-state index contributed by atoms with van der Waals surface area (Å²) in [6.45, 7) is 6.12. The Balaban J connectivity index is 1.38. The van der Waals surface area contributed by atoms with Crippen molar-refractivity contribution in [3.05, 3.63) is 45.8 Å². The summed E-state index contributed by atoms with van der Waals surface area (Å²) in [5.41, 5.74) is 1.95. The number of sulfonamides is 1. The number of benzene rings is 1. The Morgan fingerprint density at radius 1 is 1.05 bits per heavy atom. The van der Waals surface area contributed by atoms with Crippen molar-refractivity contribution in [1.82, 2.24) is 14.1 Å². The van der Waals surface area contributed by atoms with E-state index >= 15 is 0 Å². The molecule has 4 heterocycles. The zero-order chi connectivity index (χ0) is 26.2. The lowest BCUT2D eigenvalue weighted by atomic mass is 10.0. The first-order valence-corrected chi connectivity index (χ1v) is 15.1. The van der Waals surface area contributed by atoms with Gasteiger partial charge in [-0.05, 0) is 63.1 Å². The van der Waals surface area contributed by atoms with E-state index in [2.05, 4.69) is 10.2 Å². The number of thiophene rings is 1. The van der Waals surface area contributed by atoms with Crippen molar-refractivity contribution in [3.63, 3.8) is 0 Å². The molecule has 3 aliphatic rings. The van der Waals surface area contributed by atoms with E-state index in [0.717, 1.165) is 49.2 Å². The number of hydrogen-bond donors (Lipinski definition) is 1. The SMILES string of the molecule is CC1CCCCN1S(=O)(=O)c1ccc(C(=O)Nc2sc3c(c2C(=O)N2CCOCC2)CCN(C)C3)cc1. The lowest BCUT2D eigenvalue weighted by molar-refractivity contribution is 0.0303. The molecule has 0 bridgehead atoms. The van der Waals surface area contributed by atoms with Crippen molar-refractivity contribution in [3.8, 4) is 0 Å². The minimum Gasteiger partial charge on any atom is -0.378 e. The van der Waals surface area contributed by atoms with Crippen LogP contribution in [0.1, 0.15) is 57.3 Å². The Morgan fingerprint density at radius 3 is 2.49 bits per heavy atom. The molecule has 11 heteroatoms. The van der Waals surface area contributed by atoms with E-state index in [-0.39, 0.29) is 22.8 Å². The molecule has 0 aliphatic carbocycles. The van der Waals surface area contributed by atoms with Gasteiger partial charge >= 0.3 is 0 Å². The van der Waals surface area contributed by atoms with Gasteiger partial charge in [0.15, 0.2) is 0 Å². The fourth-order valence-electron chi connectivity index (χ4n) is 5.29. The van der Waals surface area contributed by atoms with Crippen molar-refractivity contribution >= 4 is 38.2 Å². The molecule has 5 rings (SSSR count). The topological polar surface area (TPSA) is 99.3 Å². The largest absolute Gasteiger partial charge is 0.378 e. The zero-order valence-corrected chi connectivity index (χ0v) is 23.0. The molecule has 200 valence electrons. The second-order valence-corrected chi connectivity index (χ2v) is 13.0. The van der Waals surface area contributed by atoms with E-state index in [1.165, 1.54) is 23.5 Å². The van der Waals surface area contributed by atoms with Crippen LogP contribution in [0.25, 0.3) is 0 Å². The summed E-state index contributed by atoms with van der Waals surface area (Å²) in [6, 6.07) is 6.05. The molecule has 37 heavy (non-hydrogen) atoms. The van der Waals surface area contributed by atoms with E-state index < -0.39 is 10.0 Å². The summed E-state index contributed by atoms with van der Waals surface area (Å²) in [5.74, 6) is -0.434. The highest BCUT2D eigenvalue weighted by Gasteiger charge is 2.32. The monoisotopic (exact) mass is 546 g/mol. The lowest BCUT2D eigenvalue weighted by Crippen LogP contribution is -2.41. The van der Waals surface area contributed by atoms with Crippen LogP contribution in [0.15, 0.2) is 29.2 Å². The summed E-state index contributed by atoms with van der Waals surface area (Å²) in [5, 5.41) is 3.53. The third-order valence-corrected chi connectivity index (χ3v) is 10.6. The number of nitrogens with zero attached hydrogens (tertiary/aromatic N) is 3. The summed E-state index contributed by atoms with van der Waals surface area (Å²) in [4.78, 5) is 32.0. The smallest absolute Gasteiger partial charge is 0.257 e. The Labute approximate surface area is 222 Å². The van der Waals surface area contributed by atoms with Gasteiger partial charge in [-0.2, -0.15) is 4.31 Å². The Morgan fingerprint density at radius 2 is 1.78 bits per heavy atom. The van der Waals surface area contributed by atoms with Crippen molar-refractivity contribution < 1.29 is 22.7 Å². The van der Waals surface area contributed by atoms with E-state index in [4.69, 9.17) is 4.74 Å². The van der Waals surface area contributed by atoms with Gasteiger partial charge in [0.05, 0.1) is 23.7 Å². The molecule has 2 amide bonds. The second-order valence-electron chi connectivity index (χ2n) is 10.0. The molecule has 0 radical (unpaired) electrons. The number of fused-ring (bicyclic) bond motifs is 1. The number of nitrogens with one attached hydrogen (secondary N) is 1. The maximum atomic E-state index is 13.5. The van der Waals surface area contributed by atoms with Gasteiger partial charge < -0.3 is 19.9 Å². The van der Waals surface area contributed by atoms with Gasteiger partial charge in [-0.1, -0.05) is 6.42 Å². The molecular formula is C26H34N4O5S2. The number of ether oxygens (including phenoxy) is 1. The first-order valence-electron chi connectivity index (χ1n) is 12.9. The molecule has 1 atom stereocenters. The van der Waals surface area contributed by atoms with E-state index in [0.29, 0.717) is 49.0 Å². The van der Waals surface area contributed by atoms with Gasteiger partial charge in [0, 0.05) is 49.2 Å². The molecule has 1 aromatic heterocycles. The molecule has 1 unspecified atom stereocenters. The fourth-order valence-corrected chi connectivity index (χ4v) is 8.30. The van der Waals surface area contributed by atoms with Crippen molar-refractivity contribution in [2.45, 2.75) is 50.1 Å². The Bertz CT molecular complexity index is 1270. The zero-order valence-electron chi connectivity index (χ0n) is 21.4. The molecule has 2 saturated heterocycles. The van der Waals surface area contributed by atoms with Gasteiger partial charge in [0.1, 0.15) is 5.00 Å². The minimum atomic E-state index is -3.61. The van der Waals surface area contributed by atoms with E-state index in [1.54, 1.807) is 21.3 Å². The van der Waals surface area contributed by atoms with Crippen LogP contribution in [0, 0.1) is 0 Å². The minimum absolute atomic E-state index is 0.0342. The summed E-state index contributed by atoms with van der Waals surface area (Å²) >= 11 is 1.45. The molecular weight excluding hydrogens is 512 g/mol. The maximum Gasteiger partial charge on any atom is 0.257 e. The van der Waals surface area contributed by atoms with Crippen LogP contribution < -0.4 is 5.32 Å². The first-order chi connectivity index (χ1) is 17.8. The molecule has 1 N–H and O–H groups in total. The first kappa shape index (κ1) is 26.3. The van der Waals surface area contributed by atoms with Gasteiger partial charge in [0.25, 0.3) is 11.8 Å². The van der Waals surface area contributed by atoms with Crippen molar-refractivity contribution in [1.29, 1.82) is 0 Å². The number of morpholine rings is 1. The molecule has 9 nitrogen and oxygen atoms in total. The summed E-state index contributed by atoms with van der Waals surface area (Å²) in [6.07, 6.45) is 3.50. The summed E-state index contributed by atoms with van der Waals surface area (Å²) < 4.78 is 33.3. The fraction of sp³-hybridized carbons (Fsp3) is 0.538. The quantitative estimate of drug-likeness (QED) is 0.619. The van der Waals surface area contributed by atoms with Gasteiger partial charge in [-0.15, -0.1) is 11.3 Å². The molecule has 0 saturated carbocycles. The van der Waals surface area contributed by atoms with E-state index in [9.17, 15) is 18.0 Å². The molecule has 0 spiro atoms. The average molecular weight is 547 g/mol. The molecule has 2 aromatic rings. The maximum absolute atomic E-state index is 13.5. The lowest BCUT2D eigenvalue weighted by Gasteiger charge is -2.32. The average Bonchev–Trinajstić information content (AvgIpc) is 3.25. The van der Waals surface area contributed by atoms with E-state index in [1.807, 2.05) is 14.0 Å². The number of anilines is 1. The predicted molar refractivity (Wildman–Crippen MR) is 143 cm³/mol. The normalized spacial score (nSPS) is 21.5. The van der Waals surface area contributed by atoms with Gasteiger partial charge in [-0.25, -0.2) is 8.42 Å².